The first-order valence-electron chi connectivity index (χ1n) is 6.28. The van der Waals surface area contributed by atoms with Gasteiger partial charge in [-0.25, -0.2) is 0 Å². The number of furan rings is 1. The number of aryl methyl sites for hydroxylation is 1. The van der Waals surface area contributed by atoms with Gasteiger partial charge in [0, 0.05) is 5.69 Å². The van der Waals surface area contributed by atoms with Crippen LogP contribution in [-0.4, -0.2) is 11.9 Å². The molecule has 0 aliphatic rings. The molecule has 1 heterocycles. The van der Waals surface area contributed by atoms with E-state index in [2.05, 4.69) is 10.6 Å². The molecule has 4 heteroatoms. The third kappa shape index (κ3) is 3.96. The number of anilines is 1. The van der Waals surface area contributed by atoms with Crippen LogP contribution in [-0.2, 0) is 11.3 Å². The van der Waals surface area contributed by atoms with Crippen molar-refractivity contribution in [3.05, 3.63) is 54.0 Å². The molecule has 1 aromatic carbocycles. The Morgan fingerprint density at radius 2 is 2.00 bits per heavy atom. The van der Waals surface area contributed by atoms with Crippen LogP contribution in [0.2, 0.25) is 0 Å². The Balaban J connectivity index is 1.83. The van der Waals surface area contributed by atoms with Gasteiger partial charge in [-0.3, -0.25) is 10.1 Å². The quantitative estimate of drug-likeness (QED) is 0.867. The number of carbonyl (C=O) groups is 1. The smallest absolute Gasteiger partial charge is 0.241 e. The van der Waals surface area contributed by atoms with E-state index in [0.29, 0.717) is 6.54 Å². The lowest BCUT2D eigenvalue weighted by atomic mass is 10.2. The molecule has 0 aliphatic carbocycles. The van der Waals surface area contributed by atoms with Crippen LogP contribution in [0.25, 0.3) is 0 Å². The van der Waals surface area contributed by atoms with Crippen LogP contribution in [0.3, 0.4) is 0 Å². The zero-order valence-electron chi connectivity index (χ0n) is 11.1. The van der Waals surface area contributed by atoms with E-state index in [-0.39, 0.29) is 11.9 Å². The highest BCUT2D eigenvalue weighted by atomic mass is 16.3. The number of benzene rings is 1. The van der Waals surface area contributed by atoms with Crippen LogP contribution >= 0.6 is 0 Å². The molecular weight excluding hydrogens is 240 g/mol. The van der Waals surface area contributed by atoms with Gasteiger partial charge >= 0.3 is 0 Å². The van der Waals surface area contributed by atoms with Crippen molar-refractivity contribution in [1.29, 1.82) is 0 Å². The van der Waals surface area contributed by atoms with E-state index in [1.807, 2.05) is 50.2 Å². The van der Waals surface area contributed by atoms with E-state index in [1.165, 1.54) is 5.56 Å². The SMILES string of the molecule is Cc1ccc(NC(=O)C(C)NCc2ccco2)cc1. The molecule has 4 nitrogen and oxygen atoms in total. The van der Waals surface area contributed by atoms with Crippen molar-refractivity contribution in [3.63, 3.8) is 0 Å². The Labute approximate surface area is 112 Å². The first-order valence-corrected chi connectivity index (χ1v) is 6.28. The molecular formula is C15H18N2O2. The normalized spacial score (nSPS) is 12.1. The lowest BCUT2D eigenvalue weighted by Gasteiger charge is -2.13. The van der Waals surface area contributed by atoms with Crippen molar-refractivity contribution in [2.75, 3.05) is 5.32 Å². The average Bonchev–Trinajstić information content (AvgIpc) is 2.91. The molecule has 19 heavy (non-hydrogen) atoms. The fraction of sp³-hybridized carbons (Fsp3) is 0.267. The number of nitrogens with one attached hydrogen (secondary N) is 2. The highest BCUT2D eigenvalue weighted by molar-refractivity contribution is 5.94. The van der Waals surface area contributed by atoms with Gasteiger partial charge < -0.3 is 9.73 Å². The molecule has 1 unspecified atom stereocenters. The third-order valence-electron chi connectivity index (χ3n) is 2.87. The molecule has 100 valence electrons. The first-order chi connectivity index (χ1) is 9.15. The van der Waals surface area contributed by atoms with E-state index >= 15 is 0 Å². The van der Waals surface area contributed by atoms with E-state index in [1.54, 1.807) is 6.26 Å². The summed E-state index contributed by atoms with van der Waals surface area (Å²) in [5, 5.41) is 5.98. The molecule has 0 saturated heterocycles. The molecule has 0 fully saturated rings. The topological polar surface area (TPSA) is 54.3 Å². The van der Waals surface area contributed by atoms with E-state index < -0.39 is 0 Å². The summed E-state index contributed by atoms with van der Waals surface area (Å²) in [5.41, 5.74) is 1.98. The standard InChI is InChI=1S/C15H18N2O2/c1-11-5-7-13(8-6-11)17-15(18)12(2)16-10-14-4-3-9-19-14/h3-9,12,16H,10H2,1-2H3,(H,17,18). The number of rotatable bonds is 5. The summed E-state index contributed by atoms with van der Waals surface area (Å²) in [6.45, 7) is 4.38. The van der Waals surface area contributed by atoms with Crippen LogP contribution in [0, 0.1) is 6.92 Å². The summed E-state index contributed by atoms with van der Waals surface area (Å²) in [6.07, 6.45) is 1.62. The largest absolute Gasteiger partial charge is 0.468 e. The number of hydrogen-bond acceptors (Lipinski definition) is 3. The Hall–Kier alpha value is -2.07. The summed E-state index contributed by atoms with van der Waals surface area (Å²) in [5.74, 6) is 0.755. The number of hydrogen-bond donors (Lipinski definition) is 2. The minimum Gasteiger partial charge on any atom is -0.468 e. The fourth-order valence-electron chi connectivity index (χ4n) is 1.65. The van der Waals surface area contributed by atoms with Crippen molar-refractivity contribution in [1.82, 2.24) is 5.32 Å². The minimum atomic E-state index is -0.286. The van der Waals surface area contributed by atoms with Gasteiger partial charge in [0.1, 0.15) is 5.76 Å². The Kier molecular flexibility index (Phi) is 4.36. The van der Waals surface area contributed by atoms with Crippen molar-refractivity contribution >= 4 is 11.6 Å². The maximum atomic E-state index is 12.0. The molecule has 0 saturated carbocycles. The first kappa shape index (κ1) is 13.4. The number of amides is 1. The van der Waals surface area contributed by atoms with Gasteiger partial charge in [-0.1, -0.05) is 17.7 Å². The van der Waals surface area contributed by atoms with Crippen LogP contribution in [0.4, 0.5) is 5.69 Å². The number of carbonyl (C=O) groups excluding carboxylic acids is 1. The second kappa shape index (κ2) is 6.20. The third-order valence-corrected chi connectivity index (χ3v) is 2.87. The van der Waals surface area contributed by atoms with Gasteiger partial charge in [0.05, 0.1) is 18.8 Å². The van der Waals surface area contributed by atoms with Gasteiger partial charge in [0.15, 0.2) is 0 Å². The Bertz CT molecular complexity index is 518. The van der Waals surface area contributed by atoms with Crippen molar-refractivity contribution in [2.24, 2.45) is 0 Å². The van der Waals surface area contributed by atoms with Gasteiger partial charge in [0.25, 0.3) is 0 Å². The van der Waals surface area contributed by atoms with Gasteiger partial charge in [-0.15, -0.1) is 0 Å². The van der Waals surface area contributed by atoms with Crippen LogP contribution in [0.15, 0.2) is 47.1 Å². The molecule has 0 aliphatic heterocycles. The summed E-state index contributed by atoms with van der Waals surface area (Å²) < 4.78 is 5.20. The second-order valence-electron chi connectivity index (χ2n) is 4.54. The zero-order valence-corrected chi connectivity index (χ0v) is 11.1. The molecule has 2 N–H and O–H groups in total. The van der Waals surface area contributed by atoms with Crippen LogP contribution in [0.1, 0.15) is 18.2 Å². The van der Waals surface area contributed by atoms with Crippen molar-refractivity contribution in [2.45, 2.75) is 26.4 Å². The average molecular weight is 258 g/mol. The van der Waals surface area contributed by atoms with E-state index in [0.717, 1.165) is 11.4 Å². The minimum absolute atomic E-state index is 0.0598. The predicted molar refractivity (Wildman–Crippen MR) is 74.8 cm³/mol. The predicted octanol–water partition coefficient (Wildman–Crippen LogP) is 2.70. The highest BCUT2D eigenvalue weighted by Crippen LogP contribution is 2.09. The lowest BCUT2D eigenvalue weighted by Crippen LogP contribution is -2.37. The Morgan fingerprint density at radius 3 is 2.63 bits per heavy atom. The summed E-state index contributed by atoms with van der Waals surface area (Å²) in [6, 6.07) is 11.1. The molecule has 0 spiro atoms. The molecule has 0 bridgehead atoms. The molecule has 2 aromatic rings. The monoisotopic (exact) mass is 258 g/mol. The van der Waals surface area contributed by atoms with Crippen molar-refractivity contribution < 1.29 is 9.21 Å². The lowest BCUT2D eigenvalue weighted by molar-refractivity contribution is -0.117. The zero-order chi connectivity index (χ0) is 13.7. The fourth-order valence-corrected chi connectivity index (χ4v) is 1.65. The van der Waals surface area contributed by atoms with E-state index in [9.17, 15) is 4.79 Å². The maximum absolute atomic E-state index is 12.0. The van der Waals surface area contributed by atoms with Gasteiger partial charge in [-0.2, -0.15) is 0 Å². The summed E-state index contributed by atoms with van der Waals surface area (Å²) in [7, 11) is 0. The molecule has 1 aromatic heterocycles. The molecule has 1 amide bonds. The Morgan fingerprint density at radius 1 is 1.26 bits per heavy atom. The van der Waals surface area contributed by atoms with Crippen LogP contribution in [0.5, 0.6) is 0 Å². The molecule has 1 atom stereocenters. The molecule has 2 rings (SSSR count). The van der Waals surface area contributed by atoms with Gasteiger partial charge in [0.2, 0.25) is 5.91 Å². The van der Waals surface area contributed by atoms with E-state index in [4.69, 9.17) is 4.42 Å². The highest BCUT2D eigenvalue weighted by Gasteiger charge is 2.12. The molecule has 0 radical (unpaired) electrons. The summed E-state index contributed by atoms with van der Waals surface area (Å²) in [4.78, 5) is 12.0. The maximum Gasteiger partial charge on any atom is 0.241 e. The van der Waals surface area contributed by atoms with Gasteiger partial charge in [-0.05, 0) is 38.1 Å². The summed E-state index contributed by atoms with van der Waals surface area (Å²) >= 11 is 0. The van der Waals surface area contributed by atoms with Crippen molar-refractivity contribution in [3.8, 4) is 0 Å². The second-order valence-corrected chi connectivity index (χ2v) is 4.54. The van der Waals surface area contributed by atoms with Crippen LogP contribution < -0.4 is 10.6 Å².